The van der Waals surface area contributed by atoms with Crippen molar-refractivity contribution in [3.8, 4) is 5.75 Å². The van der Waals surface area contributed by atoms with Crippen LogP contribution in [0.4, 0.5) is 5.69 Å². The number of rotatable bonds is 6. The summed E-state index contributed by atoms with van der Waals surface area (Å²) in [6.45, 7) is 1.40. The van der Waals surface area contributed by atoms with Crippen LogP contribution in [0.2, 0.25) is 0 Å². The van der Waals surface area contributed by atoms with Crippen LogP contribution >= 0.6 is 0 Å². The molecule has 1 atom stereocenters. The van der Waals surface area contributed by atoms with Gasteiger partial charge in [0.15, 0.2) is 6.10 Å². The first-order chi connectivity index (χ1) is 12.2. The van der Waals surface area contributed by atoms with Gasteiger partial charge in [-0.15, -0.1) is 0 Å². The fourth-order valence-electron chi connectivity index (χ4n) is 2.07. The number of benzene rings is 2. The third-order valence-corrected chi connectivity index (χ3v) is 4.32. The number of hydrogen-bond acceptors (Lipinski definition) is 6. The summed E-state index contributed by atoms with van der Waals surface area (Å²) in [5, 5.41) is 7.67. The summed E-state index contributed by atoms with van der Waals surface area (Å²) in [6.07, 6.45) is -1.12. The topological polar surface area (TPSA) is 125 Å². The lowest BCUT2D eigenvalue weighted by molar-refractivity contribution is -0.123. The molecule has 0 heterocycles. The number of para-hydroxylation sites is 1. The van der Waals surface area contributed by atoms with Crippen LogP contribution in [0.15, 0.2) is 53.4 Å². The molecular formula is C17H18N2O6S. The van der Waals surface area contributed by atoms with E-state index in [2.05, 4.69) is 5.32 Å². The molecule has 2 aromatic rings. The van der Waals surface area contributed by atoms with E-state index in [1.165, 1.54) is 26.2 Å². The summed E-state index contributed by atoms with van der Waals surface area (Å²) in [7, 11) is -2.70. The van der Waals surface area contributed by atoms with Crippen molar-refractivity contribution in [1.29, 1.82) is 0 Å². The molecule has 138 valence electrons. The number of nitrogens with one attached hydrogen (secondary N) is 1. The van der Waals surface area contributed by atoms with Crippen LogP contribution in [0.25, 0.3) is 0 Å². The normalized spacial score (nSPS) is 12.1. The van der Waals surface area contributed by atoms with Gasteiger partial charge in [0.05, 0.1) is 12.0 Å². The minimum absolute atomic E-state index is 0.0954. The average Bonchev–Trinajstić information content (AvgIpc) is 2.61. The van der Waals surface area contributed by atoms with Crippen molar-refractivity contribution in [3.63, 3.8) is 0 Å². The molecule has 2 aromatic carbocycles. The Morgan fingerprint density at radius 1 is 1.12 bits per heavy atom. The molecule has 0 spiro atoms. The minimum atomic E-state index is -4.01. The van der Waals surface area contributed by atoms with Gasteiger partial charge in [0.25, 0.3) is 5.91 Å². The van der Waals surface area contributed by atoms with E-state index in [1.54, 1.807) is 30.3 Å². The molecule has 0 aliphatic heterocycles. The molecule has 0 saturated heterocycles. The summed E-state index contributed by atoms with van der Waals surface area (Å²) in [4.78, 5) is 24.2. The highest BCUT2D eigenvalue weighted by molar-refractivity contribution is 7.89. The van der Waals surface area contributed by atoms with Gasteiger partial charge in [-0.3, -0.25) is 4.79 Å². The van der Waals surface area contributed by atoms with Crippen molar-refractivity contribution in [2.24, 2.45) is 5.14 Å². The number of ether oxygens (including phenoxy) is 2. The summed E-state index contributed by atoms with van der Waals surface area (Å²) >= 11 is 0. The number of primary sulfonamides is 1. The van der Waals surface area contributed by atoms with Gasteiger partial charge >= 0.3 is 5.97 Å². The molecule has 0 radical (unpaired) electrons. The SMILES string of the molecule is COc1ccc(S(N)(=O)=O)cc1C(=O)OC(C)C(=O)Nc1ccccc1. The highest BCUT2D eigenvalue weighted by Gasteiger charge is 2.23. The lowest BCUT2D eigenvalue weighted by Crippen LogP contribution is -2.30. The number of carbonyl (C=O) groups excluding carboxylic acids is 2. The summed E-state index contributed by atoms with van der Waals surface area (Å²) in [5.41, 5.74) is 0.396. The van der Waals surface area contributed by atoms with Crippen molar-refractivity contribution in [3.05, 3.63) is 54.1 Å². The number of methoxy groups -OCH3 is 1. The van der Waals surface area contributed by atoms with Crippen molar-refractivity contribution in [1.82, 2.24) is 0 Å². The Bertz CT molecular complexity index is 912. The monoisotopic (exact) mass is 378 g/mol. The molecule has 26 heavy (non-hydrogen) atoms. The van der Waals surface area contributed by atoms with Crippen molar-refractivity contribution in [2.75, 3.05) is 12.4 Å². The maximum absolute atomic E-state index is 12.4. The fourth-order valence-corrected chi connectivity index (χ4v) is 2.61. The zero-order chi connectivity index (χ0) is 19.3. The second-order valence-electron chi connectivity index (χ2n) is 5.31. The highest BCUT2D eigenvalue weighted by Crippen LogP contribution is 2.23. The van der Waals surface area contributed by atoms with Crippen molar-refractivity contribution >= 4 is 27.6 Å². The number of sulfonamides is 1. The molecule has 0 aromatic heterocycles. The van der Waals surface area contributed by atoms with E-state index >= 15 is 0 Å². The van der Waals surface area contributed by atoms with Gasteiger partial charge in [0, 0.05) is 5.69 Å². The first kappa shape index (κ1) is 19.4. The Hall–Kier alpha value is -2.91. The van der Waals surface area contributed by atoms with Gasteiger partial charge < -0.3 is 14.8 Å². The zero-order valence-corrected chi connectivity index (χ0v) is 14.9. The predicted molar refractivity (Wildman–Crippen MR) is 94.3 cm³/mol. The highest BCUT2D eigenvalue weighted by atomic mass is 32.2. The van der Waals surface area contributed by atoms with Crippen LogP contribution in [-0.4, -0.2) is 33.5 Å². The largest absolute Gasteiger partial charge is 0.496 e. The van der Waals surface area contributed by atoms with Crippen LogP contribution < -0.4 is 15.2 Å². The van der Waals surface area contributed by atoms with Gasteiger partial charge in [0.1, 0.15) is 11.3 Å². The third-order valence-electron chi connectivity index (χ3n) is 3.41. The molecule has 3 N–H and O–H groups in total. The van der Waals surface area contributed by atoms with Gasteiger partial charge in [-0.25, -0.2) is 18.4 Å². The average molecular weight is 378 g/mol. The fraction of sp³-hybridized carbons (Fsp3) is 0.176. The Morgan fingerprint density at radius 2 is 1.77 bits per heavy atom. The molecule has 0 bridgehead atoms. The molecule has 1 amide bonds. The van der Waals surface area contributed by atoms with Crippen molar-refractivity contribution in [2.45, 2.75) is 17.9 Å². The maximum atomic E-state index is 12.4. The Labute approximate surface area is 151 Å². The van der Waals surface area contributed by atoms with Crippen LogP contribution in [0.5, 0.6) is 5.75 Å². The number of carbonyl (C=O) groups is 2. The van der Waals surface area contributed by atoms with E-state index in [9.17, 15) is 18.0 Å². The van der Waals surface area contributed by atoms with Crippen molar-refractivity contribution < 1.29 is 27.5 Å². The summed E-state index contributed by atoms with van der Waals surface area (Å²) in [5.74, 6) is -1.35. The van der Waals surface area contributed by atoms with Crippen LogP contribution in [0, 0.1) is 0 Å². The maximum Gasteiger partial charge on any atom is 0.342 e. The van der Waals surface area contributed by atoms with E-state index < -0.39 is 28.0 Å². The second kappa shape index (κ2) is 7.98. The first-order valence-corrected chi connectivity index (χ1v) is 9.04. The predicted octanol–water partition coefficient (Wildman–Crippen LogP) is 1.53. The number of amides is 1. The molecule has 0 aliphatic carbocycles. The summed E-state index contributed by atoms with van der Waals surface area (Å²) < 4.78 is 33.1. The van der Waals surface area contributed by atoms with Crippen LogP contribution in [0.1, 0.15) is 17.3 Å². The molecule has 0 aliphatic rings. The first-order valence-electron chi connectivity index (χ1n) is 7.50. The van der Waals surface area contributed by atoms with E-state index in [0.29, 0.717) is 5.69 Å². The number of anilines is 1. The lowest BCUT2D eigenvalue weighted by Gasteiger charge is -2.15. The van der Waals surface area contributed by atoms with Crippen LogP contribution in [-0.2, 0) is 19.6 Å². The molecule has 0 fully saturated rings. The van der Waals surface area contributed by atoms with Gasteiger partial charge in [-0.1, -0.05) is 18.2 Å². The molecule has 2 rings (SSSR count). The minimum Gasteiger partial charge on any atom is -0.496 e. The molecule has 9 heteroatoms. The van der Waals surface area contributed by atoms with Gasteiger partial charge in [0.2, 0.25) is 10.0 Å². The number of hydrogen-bond donors (Lipinski definition) is 2. The lowest BCUT2D eigenvalue weighted by atomic mass is 10.2. The Morgan fingerprint density at radius 3 is 2.35 bits per heavy atom. The smallest absolute Gasteiger partial charge is 0.342 e. The third kappa shape index (κ3) is 4.80. The second-order valence-corrected chi connectivity index (χ2v) is 6.87. The Kier molecular flexibility index (Phi) is 5.96. The quantitative estimate of drug-likeness (QED) is 0.735. The summed E-state index contributed by atoms with van der Waals surface area (Å²) in [6, 6.07) is 12.2. The Balaban J connectivity index is 2.17. The van der Waals surface area contributed by atoms with E-state index in [0.717, 1.165) is 6.07 Å². The molecule has 8 nitrogen and oxygen atoms in total. The van der Waals surface area contributed by atoms with E-state index in [-0.39, 0.29) is 16.2 Å². The van der Waals surface area contributed by atoms with E-state index in [4.69, 9.17) is 14.6 Å². The zero-order valence-electron chi connectivity index (χ0n) is 14.1. The number of nitrogens with two attached hydrogens (primary N) is 1. The molecular weight excluding hydrogens is 360 g/mol. The molecule has 1 unspecified atom stereocenters. The standard InChI is InChI=1S/C17H18N2O6S/c1-11(16(20)19-12-6-4-3-5-7-12)25-17(21)14-10-13(26(18,22)23)8-9-15(14)24-2/h3-11H,1-2H3,(H,19,20)(H2,18,22,23). The van der Waals surface area contributed by atoms with Gasteiger partial charge in [-0.2, -0.15) is 0 Å². The molecule has 0 saturated carbocycles. The number of esters is 1. The van der Waals surface area contributed by atoms with Gasteiger partial charge in [-0.05, 0) is 37.3 Å². The van der Waals surface area contributed by atoms with E-state index in [1.807, 2.05) is 0 Å². The van der Waals surface area contributed by atoms with Crippen LogP contribution in [0.3, 0.4) is 0 Å².